The second kappa shape index (κ2) is 18.8. The number of aliphatic carboxylic acids is 1. The van der Waals surface area contributed by atoms with Crippen molar-refractivity contribution in [2.75, 3.05) is 53.5 Å². The number of thiophene rings is 1. The second-order valence-electron chi connectivity index (χ2n) is 15.7. The SMILES string of the molecule is COc1ccccc1-c1nccc(COc2ccc3cc2C[C@H](C(=O)O)Oc2ncnc4sc(-c5ccc(F)cc5)c(c24)-c2ccc(c(Cl)c2C)OC[C@H](CN2CCN(C)CC2)O3)n1. The van der Waals surface area contributed by atoms with Crippen LogP contribution in [0.25, 0.3) is 43.2 Å². The molecular formula is C48H44ClFN6O7S. The highest BCUT2D eigenvalue weighted by Gasteiger charge is 2.30. The molecular weight excluding hydrogens is 859 g/mol. The summed E-state index contributed by atoms with van der Waals surface area (Å²) in [6.45, 7) is 6.24. The molecule has 328 valence electrons. The van der Waals surface area contributed by atoms with E-state index in [-0.39, 0.29) is 31.3 Å². The van der Waals surface area contributed by atoms with Gasteiger partial charge in [0.15, 0.2) is 5.82 Å². The van der Waals surface area contributed by atoms with Crippen LogP contribution >= 0.6 is 22.9 Å². The lowest BCUT2D eigenvalue weighted by atomic mass is 9.96. The molecule has 4 aromatic carbocycles. The van der Waals surface area contributed by atoms with Gasteiger partial charge in [0.05, 0.1) is 28.8 Å². The van der Waals surface area contributed by atoms with Crippen LogP contribution in [0.2, 0.25) is 5.02 Å². The number of hydrogen-bond donors (Lipinski definition) is 1. The quantitative estimate of drug-likeness (QED) is 0.148. The molecule has 0 saturated carbocycles. The van der Waals surface area contributed by atoms with E-state index in [4.69, 9.17) is 40.3 Å². The van der Waals surface area contributed by atoms with Crippen LogP contribution in [0.4, 0.5) is 4.39 Å². The molecule has 0 spiro atoms. The number of carboxylic acids is 1. The second-order valence-corrected chi connectivity index (χ2v) is 17.0. The number of rotatable bonds is 9. The highest BCUT2D eigenvalue weighted by Crippen LogP contribution is 2.49. The fourth-order valence-electron chi connectivity index (χ4n) is 7.95. The smallest absolute Gasteiger partial charge is 0.345 e. The van der Waals surface area contributed by atoms with Gasteiger partial charge in [-0.1, -0.05) is 41.9 Å². The Labute approximate surface area is 378 Å². The Morgan fingerprint density at radius 2 is 1.77 bits per heavy atom. The maximum Gasteiger partial charge on any atom is 0.345 e. The van der Waals surface area contributed by atoms with Crippen molar-refractivity contribution in [2.45, 2.75) is 32.2 Å². The fourth-order valence-corrected chi connectivity index (χ4v) is 9.32. The Bertz CT molecular complexity index is 2820. The predicted octanol–water partition coefficient (Wildman–Crippen LogP) is 8.63. The molecule has 4 bridgehead atoms. The average molecular weight is 903 g/mol. The third kappa shape index (κ3) is 9.15. The van der Waals surface area contributed by atoms with Gasteiger partial charge >= 0.3 is 5.97 Å². The number of halogens is 2. The minimum absolute atomic E-state index is 0.0463. The van der Waals surface area contributed by atoms with E-state index in [1.807, 2.05) is 43.3 Å². The largest absolute Gasteiger partial charge is 0.496 e. The molecule has 0 radical (unpaired) electrons. The average Bonchev–Trinajstić information content (AvgIpc) is 3.70. The molecule has 3 aliphatic heterocycles. The third-order valence-electron chi connectivity index (χ3n) is 11.4. The number of hydrogen-bond acceptors (Lipinski definition) is 13. The van der Waals surface area contributed by atoms with Crippen LogP contribution in [0.5, 0.6) is 28.9 Å². The first-order chi connectivity index (χ1) is 31.1. The number of piperazine rings is 1. The lowest BCUT2D eigenvalue weighted by Crippen LogP contribution is -2.49. The maximum atomic E-state index is 14.2. The molecule has 3 aromatic heterocycles. The number of aromatic nitrogens is 4. The van der Waals surface area contributed by atoms with E-state index in [2.05, 4.69) is 31.8 Å². The Kier molecular flexibility index (Phi) is 12.6. The van der Waals surface area contributed by atoms with Crippen LogP contribution < -0.4 is 23.7 Å². The van der Waals surface area contributed by atoms with E-state index in [0.29, 0.717) is 73.0 Å². The number of methoxy groups -OCH3 is 1. The van der Waals surface area contributed by atoms with Gasteiger partial charge in [0.1, 0.15) is 59.3 Å². The van der Waals surface area contributed by atoms with Gasteiger partial charge in [0.2, 0.25) is 12.0 Å². The normalized spacial score (nSPS) is 17.0. The third-order valence-corrected chi connectivity index (χ3v) is 13.0. The molecule has 1 saturated heterocycles. The van der Waals surface area contributed by atoms with E-state index in [9.17, 15) is 14.3 Å². The summed E-state index contributed by atoms with van der Waals surface area (Å²) in [5.41, 5.74) is 4.66. The van der Waals surface area contributed by atoms with E-state index < -0.39 is 18.2 Å². The zero-order valence-electron chi connectivity index (χ0n) is 35.3. The number of para-hydroxylation sites is 1. The molecule has 2 atom stereocenters. The molecule has 10 rings (SSSR count). The van der Waals surface area contributed by atoms with E-state index >= 15 is 0 Å². The molecule has 7 aromatic rings. The number of benzene rings is 4. The topological polar surface area (TPSA) is 141 Å². The predicted molar refractivity (Wildman–Crippen MR) is 242 cm³/mol. The number of likely N-dealkylation sites (N-methyl/N-ethyl adjacent to an activating group) is 1. The van der Waals surface area contributed by atoms with Crippen molar-refractivity contribution in [1.29, 1.82) is 0 Å². The van der Waals surface area contributed by atoms with Gasteiger partial charge in [-0.3, -0.25) is 4.90 Å². The number of fused-ring (bicyclic) bond motifs is 7. The Morgan fingerprint density at radius 1 is 0.953 bits per heavy atom. The van der Waals surface area contributed by atoms with Crippen molar-refractivity contribution in [3.05, 3.63) is 125 Å². The summed E-state index contributed by atoms with van der Waals surface area (Å²) in [6, 6.07) is 24.5. The summed E-state index contributed by atoms with van der Waals surface area (Å²) in [7, 11) is 3.70. The number of carboxylic acid groups (broad SMARTS) is 1. The zero-order valence-corrected chi connectivity index (χ0v) is 36.9. The van der Waals surface area contributed by atoms with E-state index in [1.165, 1.54) is 29.8 Å². The summed E-state index contributed by atoms with van der Waals surface area (Å²) < 4.78 is 45.9. The van der Waals surface area contributed by atoms with Crippen molar-refractivity contribution in [3.63, 3.8) is 0 Å². The van der Waals surface area contributed by atoms with Crippen molar-refractivity contribution in [2.24, 2.45) is 0 Å². The van der Waals surface area contributed by atoms with Crippen LogP contribution in [-0.4, -0.2) is 107 Å². The maximum absolute atomic E-state index is 14.2. The Morgan fingerprint density at radius 3 is 2.56 bits per heavy atom. The Hall–Kier alpha value is -6.39. The molecule has 0 unspecified atom stereocenters. The molecule has 1 fully saturated rings. The van der Waals surface area contributed by atoms with Crippen molar-refractivity contribution in [1.82, 2.24) is 29.7 Å². The summed E-state index contributed by atoms with van der Waals surface area (Å²) in [5, 5.41) is 11.7. The zero-order chi connectivity index (χ0) is 44.3. The van der Waals surface area contributed by atoms with Crippen molar-refractivity contribution >= 4 is 39.1 Å². The van der Waals surface area contributed by atoms with E-state index in [0.717, 1.165) is 47.7 Å². The minimum atomic E-state index is -1.44. The first-order valence-electron chi connectivity index (χ1n) is 20.8. The molecule has 16 heteroatoms. The van der Waals surface area contributed by atoms with Crippen LogP contribution in [0, 0.1) is 12.7 Å². The van der Waals surface area contributed by atoms with Gasteiger partial charge < -0.3 is 33.7 Å². The first-order valence-corrected chi connectivity index (χ1v) is 21.9. The van der Waals surface area contributed by atoms with Gasteiger partial charge in [-0.15, -0.1) is 11.3 Å². The van der Waals surface area contributed by atoms with Gasteiger partial charge in [-0.2, -0.15) is 0 Å². The summed E-state index contributed by atoms with van der Waals surface area (Å²) in [5.74, 6) is 0.936. The minimum Gasteiger partial charge on any atom is -0.496 e. The molecule has 6 heterocycles. The fraction of sp³-hybridized carbons (Fsp3) is 0.271. The van der Waals surface area contributed by atoms with Crippen molar-refractivity contribution < 1.29 is 38.0 Å². The lowest BCUT2D eigenvalue weighted by Gasteiger charge is -2.34. The van der Waals surface area contributed by atoms with Crippen LogP contribution in [0.1, 0.15) is 16.8 Å². The Balaban J connectivity index is 1.14. The summed E-state index contributed by atoms with van der Waals surface area (Å²) in [6.07, 6.45) is 0.976. The molecule has 0 amide bonds. The van der Waals surface area contributed by atoms with Gasteiger partial charge in [0, 0.05) is 61.3 Å². The summed E-state index contributed by atoms with van der Waals surface area (Å²) >= 11 is 8.52. The number of carbonyl (C=O) groups is 1. The van der Waals surface area contributed by atoms with Crippen LogP contribution in [0.15, 0.2) is 97.5 Å². The monoisotopic (exact) mass is 902 g/mol. The summed E-state index contributed by atoms with van der Waals surface area (Å²) in [4.78, 5) is 37.6. The molecule has 3 aliphatic rings. The number of nitrogens with zero attached hydrogens (tertiary/aromatic N) is 6. The lowest BCUT2D eigenvalue weighted by molar-refractivity contribution is -0.145. The molecule has 0 aliphatic carbocycles. The highest BCUT2D eigenvalue weighted by molar-refractivity contribution is 7.22. The van der Waals surface area contributed by atoms with Gasteiger partial charge in [-0.05, 0) is 85.3 Å². The van der Waals surface area contributed by atoms with Gasteiger partial charge in [0.25, 0.3) is 0 Å². The van der Waals surface area contributed by atoms with Crippen molar-refractivity contribution in [3.8, 4) is 61.8 Å². The number of ether oxygens (including phenoxy) is 5. The van der Waals surface area contributed by atoms with Crippen LogP contribution in [-0.2, 0) is 17.8 Å². The van der Waals surface area contributed by atoms with Crippen LogP contribution in [0.3, 0.4) is 0 Å². The standard InChI is InChI=1S/C48H44ClFN6O7S/c1-28-35-13-15-39(43(28)49)61-26-34(24-56-20-18-55(2)19-21-56)62-33-12-14-37(60-25-32-16-17-51-45(54-32)36-6-4-5-7-38(36)59-3)30(22-33)23-40(48(57)58)63-46-42-41(35)44(64-47(42)53-27-52-46)29-8-10-31(50)11-9-29/h4-17,22,27,34,40H,18-21,23-26H2,1-3H3,(H,57,58)/t34-,40+/m0/s1. The molecule has 1 N–H and O–H groups in total. The van der Waals surface area contributed by atoms with Gasteiger partial charge in [-0.25, -0.2) is 29.1 Å². The molecule has 64 heavy (non-hydrogen) atoms. The van der Waals surface area contributed by atoms with E-state index in [1.54, 1.807) is 49.7 Å². The highest BCUT2D eigenvalue weighted by atomic mass is 35.5. The molecule has 13 nitrogen and oxygen atoms in total. The first kappa shape index (κ1) is 42.9.